The third kappa shape index (κ3) is 4.69. The van der Waals surface area contributed by atoms with Crippen molar-refractivity contribution in [2.45, 2.75) is 59.3 Å². The third-order valence-electron chi connectivity index (χ3n) is 4.55. The van der Waals surface area contributed by atoms with Gasteiger partial charge in [0, 0.05) is 6.42 Å². The van der Waals surface area contributed by atoms with Crippen LogP contribution < -0.4 is 5.32 Å². The molecule has 132 valence electrons. The Morgan fingerprint density at radius 1 is 1.33 bits per heavy atom. The molecule has 1 N–H and O–H groups in total. The van der Waals surface area contributed by atoms with Gasteiger partial charge in [0.25, 0.3) is 5.76 Å². The molecule has 1 fully saturated rings. The van der Waals surface area contributed by atoms with Crippen LogP contribution in [0, 0.1) is 12.3 Å². The minimum Gasteiger partial charge on any atom is -0.463 e. The van der Waals surface area contributed by atoms with Gasteiger partial charge in [-0.3, -0.25) is 4.79 Å². The average Bonchev–Trinajstić information content (AvgIpc) is 2.79. The minimum absolute atomic E-state index is 0.0766. The Hall–Kier alpha value is -2.11. The summed E-state index contributed by atoms with van der Waals surface area (Å²) in [4.78, 5) is 23.8. The van der Waals surface area contributed by atoms with Crippen molar-refractivity contribution in [3.05, 3.63) is 23.1 Å². The molecule has 6 heteroatoms. The molecule has 1 aliphatic carbocycles. The molecule has 6 nitrogen and oxygen atoms in total. The average molecular weight is 334 g/mol. The predicted octanol–water partition coefficient (Wildman–Crippen LogP) is 4.01. The lowest BCUT2D eigenvalue weighted by atomic mass is 9.85. The number of rotatable bonds is 4. The molecule has 0 saturated heterocycles. The first-order chi connectivity index (χ1) is 11.3. The number of aryl methyl sites for hydroxylation is 1. The Balaban J connectivity index is 1.98. The molecule has 24 heavy (non-hydrogen) atoms. The number of allylic oxidation sites excluding steroid dienone is 1. The number of nitrogens with zero attached hydrogens (tertiary/aromatic N) is 1. The van der Waals surface area contributed by atoms with Gasteiger partial charge in [-0.05, 0) is 44.4 Å². The third-order valence-corrected chi connectivity index (χ3v) is 4.55. The van der Waals surface area contributed by atoms with Crippen molar-refractivity contribution in [3.8, 4) is 0 Å². The number of hydrogen-bond donors (Lipinski definition) is 1. The lowest BCUT2D eigenvalue weighted by molar-refractivity contribution is -0.115. The quantitative estimate of drug-likeness (QED) is 0.511. The van der Waals surface area contributed by atoms with Gasteiger partial charge < -0.3 is 14.6 Å². The van der Waals surface area contributed by atoms with E-state index in [9.17, 15) is 9.59 Å². The van der Waals surface area contributed by atoms with Crippen LogP contribution in [-0.2, 0) is 9.53 Å². The summed E-state index contributed by atoms with van der Waals surface area (Å²) in [5.74, 6) is -0.926. The second kappa shape index (κ2) is 7.64. The largest absolute Gasteiger partial charge is 0.463 e. The smallest absolute Gasteiger partial charge is 0.379 e. The molecule has 1 heterocycles. The Morgan fingerprint density at radius 3 is 2.79 bits per heavy atom. The van der Waals surface area contributed by atoms with Crippen molar-refractivity contribution in [1.82, 2.24) is 5.16 Å². The molecule has 1 aromatic rings. The second-order valence-corrected chi connectivity index (χ2v) is 7.10. The summed E-state index contributed by atoms with van der Waals surface area (Å²) >= 11 is 0. The summed E-state index contributed by atoms with van der Waals surface area (Å²) < 4.78 is 9.55. The number of nitrogens with one attached hydrogen (secondary N) is 1. The molecule has 1 amide bonds. The SMILES string of the molecule is COC(=O)c1onc(C)c1NC(=O)CC=C1CCCC(C)(C)CC1. The first kappa shape index (κ1) is 18.2. The molecular formula is C18H26N2O4. The van der Waals surface area contributed by atoms with Crippen LogP contribution >= 0.6 is 0 Å². The molecule has 0 spiro atoms. The lowest BCUT2D eigenvalue weighted by Gasteiger charge is -2.21. The van der Waals surface area contributed by atoms with E-state index in [1.165, 1.54) is 19.1 Å². The van der Waals surface area contributed by atoms with E-state index in [4.69, 9.17) is 4.52 Å². The number of aromatic nitrogens is 1. The lowest BCUT2D eigenvalue weighted by Crippen LogP contribution is -2.14. The fourth-order valence-electron chi connectivity index (χ4n) is 2.92. The van der Waals surface area contributed by atoms with Crippen LogP contribution in [0.3, 0.4) is 0 Å². The Bertz CT molecular complexity index is 643. The van der Waals surface area contributed by atoms with E-state index in [-0.39, 0.29) is 23.8 Å². The summed E-state index contributed by atoms with van der Waals surface area (Å²) in [6.45, 7) is 6.26. The zero-order valence-corrected chi connectivity index (χ0v) is 14.9. The molecule has 0 aromatic carbocycles. The molecule has 1 aliphatic rings. The standard InChI is InChI=1S/C18H26N2O4/c1-12-15(16(24-20-12)17(22)23-4)19-14(21)8-7-13-6-5-10-18(2,3)11-9-13/h7H,5-6,8-11H2,1-4H3,(H,19,21). The van der Waals surface area contributed by atoms with Gasteiger partial charge in [0.2, 0.25) is 5.91 Å². The minimum atomic E-state index is -0.657. The Labute approximate surface area is 142 Å². The molecule has 0 atom stereocenters. The summed E-state index contributed by atoms with van der Waals surface area (Å²) in [5, 5.41) is 6.42. The van der Waals surface area contributed by atoms with Gasteiger partial charge in [0.05, 0.1) is 7.11 Å². The molecule has 1 aromatic heterocycles. The summed E-state index contributed by atoms with van der Waals surface area (Å²) in [6, 6.07) is 0. The number of hydrogen-bond acceptors (Lipinski definition) is 5. The molecule has 2 rings (SSSR count). The Kier molecular flexibility index (Phi) is 5.80. The van der Waals surface area contributed by atoms with Gasteiger partial charge >= 0.3 is 5.97 Å². The first-order valence-corrected chi connectivity index (χ1v) is 8.35. The molecule has 0 unspecified atom stereocenters. The molecule has 0 aliphatic heterocycles. The van der Waals surface area contributed by atoms with Crippen LogP contribution in [0.4, 0.5) is 5.69 Å². The Morgan fingerprint density at radius 2 is 2.08 bits per heavy atom. The van der Waals surface area contributed by atoms with E-state index in [1.807, 2.05) is 6.08 Å². The number of carbonyl (C=O) groups is 2. The van der Waals surface area contributed by atoms with Crippen LogP contribution in [0.2, 0.25) is 0 Å². The number of amides is 1. The number of ether oxygens (including phenoxy) is 1. The van der Waals surface area contributed by atoms with Crippen LogP contribution in [0.1, 0.15) is 68.6 Å². The second-order valence-electron chi connectivity index (χ2n) is 7.10. The molecule has 0 bridgehead atoms. The maximum Gasteiger partial charge on any atom is 0.379 e. The highest BCUT2D eigenvalue weighted by Crippen LogP contribution is 2.35. The van der Waals surface area contributed by atoms with Crippen molar-refractivity contribution in [1.29, 1.82) is 0 Å². The van der Waals surface area contributed by atoms with Gasteiger partial charge in [-0.1, -0.05) is 30.7 Å². The normalized spacial score (nSPS) is 18.9. The zero-order chi connectivity index (χ0) is 17.7. The topological polar surface area (TPSA) is 81.4 Å². The highest BCUT2D eigenvalue weighted by atomic mass is 16.5. The molecule has 1 saturated carbocycles. The van der Waals surface area contributed by atoms with Crippen molar-refractivity contribution in [2.75, 3.05) is 12.4 Å². The number of anilines is 1. The van der Waals surface area contributed by atoms with Gasteiger partial charge in [0.1, 0.15) is 11.4 Å². The van der Waals surface area contributed by atoms with Crippen LogP contribution in [-0.4, -0.2) is 24.1 Å². The van der Waals surface area contributed by atoms with Gasteiger partial charge in [-0.25, -0.2) is 4.79 Å². The zero-order valence-electron chi connectivity index (χ0n) is 14.9. The van der Waals surface area contributed by atoms with Crippen LogP contribution in [0.25, 0.3) is 0 Å². The first-order valence-electron chi connectivity index (χ1n) is 8.35. The fourth-order valence-corrected chi connectivity index (χ4v) is 2.92. The van der Waals surface area contributed by atoms with E-state index < -0.39 is 5.97 Å². The van der Waals surface area contributed by atoms with Gasteiger partial charge in [0.15, 0.2) is 0 Å². The maximum atomic E-state index is 12.2. The highest BCUT2D eigenvalue weighted by molar-refractivity contribution is 6.00. The maximum absolute atomic E-state index is 12.2. The number of methoxy groups -OCH3 is 1. The van der Waals surface area contributed by atoms with Crippen molar-refractivity contribution in [2.24, 2.45) is 5.41 Å². The van der Waals surface area contributed by atoms with E-state index in [1.54, 1.807) is 6.92 Å². The van der Waals surface area contributed by atoms with Gasteiger partial charge in [-0.2, -0.15) is 0 Å². The summed E-state index contributed by atoms with van der Waals surface area (Å²) in [5.41, 5.74) is 2.46. The fraction of sp³-hybridized carbons (Fsp3) is 0.611. The monoisotopic (exact) mass is 334 g/mol. The van der Waals surface area contributed by atoms with Crippen LogP contribution in [0.5, 0.6) is 0 Å². The highest BCUT2D eigenvalue weighted by Gasteiger charge is 2.23. The predicted molar refractivity (Wildman–Crippen MR) is 90.8 cm³/mol. The summed E-state index contributed by atoms with van der Waals surface area (Å²) in [7, 11) is 1.25. The van der Waals surface area contributed by atoms with E-state index in [0.29, 0.717) is 11.1 Å². The molecule has 0 radical (unpaired) electrons. The number of esters is 1. The van der Waals surface area contributed by atoms with Crippen molar-refractivity contribution < 1.29 is 18.8 Å². The van der Waals surface area contributed by atoms with E-state index >= 15 is 0 Å². The molecular weight excluding hydrogens is 308 g/mol. The van der Waals surface area contributed by atoms with E-state index in [2.05, 4.69) is 29.1 Å². The van der Waals surface area contributed by atoms with E-state index in [0.717, 1.165) is 25.7 Å². The number of carbonyl (C=O) groups excluding carboxylic acids is 2. The summed E-state index contributed by atoms with van der Waals surface area (Å²) in [6.07, 6.45) is 7.92. The van der Waals surface area contributed by atoms with Crippen molar-refractivity contribution >= 4 is 17.6 Å². The van der Waals surface area contributed by atoms with Crippen LogP contribution in [0.15, 0.2) is 16.2 Å². The van der Waals surface area contributed by atoms with Crippen molar-refractivity contribution in [3.63, 3.8) is 0 Å². The van der Waals surface area contributed by atoms with Gasteiger partial charge in [-0.15, -0.1) is 0 Å².